The van der Waals surface area contributed by atoms with Crippen molar-refractivity contribution in [3.8, 4) is 0 Å². The van der Waals surface area contributed by atoms with Crippen LogP contribution in [0, 0.1) is 0 Å². The van der Waals surface area contributed by atoms with Crippen molar-refractivity contribution in [3.05, 3.63) is 60.3 Å². The van der Waals surface area contributed by atoms with E-state index in [9.17, 15) is 0 Å². The van der Waals surface area contributed by atoms with Gasteiger partial charge in [0.25, 0.3) is 0 Å². The Morgan fingerprint density at radius 1 is 1.20 bits per heavy atom. The van der Waals surface area contributed by atoms with E-state index in [1.165, 1.54) is 5.56 Å². The van der Waals surface area contributed by atoms with Gasteiger partial charge >= 0.3 is 0 Å². The average Bonchev–Trinajstić information content (AvgIpc) is 2.31. The Bertz CT molecular complexity index is 356. The molecule has 0 radical (unpaired) electrons. The quantitative estimate of drug-likeness (QED) is 0.745. The molecule has 2 rings (SSSR count). The van der Waals surface area contributed by atoms with Crippen LogP contribution in [0.15, 0.2) is 54.8 Å². The lowest BCUT2D eigenvalue weighted by molar-refractivity contribution is -0.135. The van der Waals surface area contributed by atoms with Gasteiger partial charge in [0.1, 0.15) is 0 Å². The first kappa shape index (κ1) is 9.99. The molecule has 0 fully saturated rings. The van der Waals surface area contributed by atoms with Crippen molar-refractivity contribution < 1.29 is 4.84 Å². The molecule has 1 unspecified atom stereocenters. The first-order valence-electron chi connectivity index (χ1n) is 5.23. The second-order valence-electron chi connectivity index (χ2n) is 3.36. The number of hydrogen-bond donors (Lipinski definition) is 0. The molecule has 1 aliphatic rings. The minimum Gasteiger partial charge on any atom is -0.273 e. The fourth-order valence-corrected chi connectivity index (χ4v) is 1.66. The fraction of sp³-hybridized carbons (Fsp3) is 0.231. The minimum absolute atomic E-state index is 0.191. The maximum atomic E-state index is 5.55. The highest BCUT2D eigenvalue weighted by Gasteiger charge is 2.16. The van der Waals surface area contributed by atoms with Crippen molar-refractivity contribution in [1.29, 1.82) is 0 Å². The second kappa shape index (κ2) is 4.80. The highest BCUT2D eigenvalue weighted by molar-refractivity contribution is 5.26. The van der Waals surface area contributed by atoms with Gasteiger partial charge in [0.15, 0.2) is 0 Å². The Morgan fingerprint density at radius 2 is 2.00 bits per heavy atom. The topological polar surface area (TPSA) is 12.5 Å². The lowest BCUT2D eigenvalue weighted by Gasteiger charge is -2.29. The number of hydroxylamine groups is 2. The molecule has 1 heterocycles. The summed E-state index contributed by atoms with van der Waals surface area (Å²) < 4.78 is 0. The second-order valence-corrected chi connectivity index (χ2v) is 3.36. The summed E-state index contributed by atoms with van der Waals surface area (Å²) in [6, 6.07) is 10.5. The molecule has 0 bridgehead atoms. The lowest BCUT2D eigenvalue weighted by atomic mass is 10.1. The molecule has 0 aliphatic carbocycles. The third kappa shape index (κ3) is 2.28. The summed E-state index contributed by atoms with van der Waals surface area (Å²) in [5.41, 5.74) is 1.24. The maximum absolute atomic E-state index is 5.55. The zero-order chi connectivity index (χ0) is 10.5. The Balaban J connectivity index is 2.20. The smallest absolute Gasteiger partial charge is 0.0992 e. The van der Waals surface area contributed by atoms with Gasteiger partial charge in [0, 0.05) is 6.20 Å². The van der Waals surface area contributed by atoms with Gasteiger partial charge in [0.2, 0.25) is 0 Å². The van der Waals surface area contributed by atoms with E-state index in [4.69, 9.17) is 4.84 Å². The van der Waals surface area contributed by atoms with Crippen LogP contribution in [0.25, 0.3) is 0 Å². The highest BCUT2D eigenvalue weighted by Crippen LogP contribution is 2.25. The van der Waals surface area contributed by atoms with E-state index in [0.29, 0.717) is 6.61 Å². The highest BCUT2D eigenvalue weighted by atomic mass is 16.7. The van der Waals surface area contributed by atoms with Crippen LogP contribution < -0.4 is 0 Å². The van der Waals surface area contributed by atoms with E-state index >= 15 is 0 Å². The molecule has 15 heavy (non-hydrogen) atoms. The molecule has 0 spiro atoms. The predicted molar refractivity (Wildman–Crippen MR) is 60.9 cm³/mol. The van der Waals surface area contributed by atoms with Gasteiger partial charge in [-0.1, -0.05) is 42.5 Å². The third-order valence-electron chi connectivity index (χ3n) is 2.33. The van der Waals surface area contributed by atoms with E-state index in [2.05, 4.69) is 18.2 Å². The van der Waals surface area contributed by atoms with Gasteiger partial charge in [-0.15, -0.1) is 0 Å². The van der Waals surface area contributed by atoms with Crippen LogP contribution in [-0.2, 0) is 4.84 Å². The Morgan fingerprint density at radius 3 is 2.73 bits per heavy atom. The average molecular weight is 201 g/mol. The molecule has 78 valence electrons. The monoisotopic (exact) mass is 201 g/mol. The van der Waals surface area contributed by atoms with Crippen molar-refractivity contribution in [3.63, 3.8) is 0 Å². The SMILES string of the molecule is CCON1C=CC=CC1c1ccccc1. The van der Waals surface area contributed by atoms with Gasteiger partial charge in [-0.05, 0) is 18.6 Å². The summed E-state index contributed by atoms with van der Waals surface area (Å²) in [5.74, 6) is 0. The molecule has 0 N–H and O–H groups in total. The summed E-state index contributed by atoms with van der Waals surface area (Å²) in [6.45, 7) is 2.68. The number of rotatable bonds is 3. The van der Waals surface area contributed by atoms with Crippen LogP contribution in [0.4, 0.5) is 0 Å². The molecule has 0 saturated heterocycles. The molecule has 1 aromatic carbocycles. The molecule has 2 heteroatoms. The summed E-state index contributed by atoms with van der Waals surface area (Å²) >= 11 is 0. The molecule has 0 saturated carbocycles. The van der Waals surface area contributed by atoms with Crippen molar-refractivity contribution in [2.24, 2.45) is 0 Å². The van der Waals surface area contributed by atoms with Crippen LogP contribution in [0.1, 0.15) is 18.5 Å². The number of allylic oxidation sites excluding steroid dienone is 2. The number of benzene rings is 1. The Labute approximate surface area is 90.4 Å². The first-order chi connectivity index (χ1) is 7.42. The van der Waals surface area contributed by atoms with E-state index in [1.807, 2.05) is 48.5 Å². The first-order valence-corrected chi connectivity index (χ1v) is 5.23. The number of nitrogens with zero attached hydrogens (tertiary/aromatic N) is 1. The maximum Gasteiger partial charge on any atom is 0.0992 e. The lowest BCUT2D eigenvalue weighted by Crippen LogP contribution is -2.24. The zero-order valence-electron chi connectivity index (χ0n) is 8.84. The zero-order valence-corrected chi connectivity index (χ0v) is 8.84. The molecule has 2 nitrogen and oxygen atoms in total. The van der Waals surface area contributed by atoms with Crippen LogP contribution in [0.2, 0.25) is 0 Å². The van der Waals surface area contributed by atoms with Crippen molar-refractivity contribution in [2.45, 2.75) is 13.0 Å². The molecular formula is C13H15NO. The normalized spacial score (nSPS) is 19.5. The van der Waals surface area contributed by atoms with E-state index in [1.54, 1.807) is 0 Å². The standard InChI is InChI=1S/C13H15NO/c1-2-15-14-11-7-6-10-13(14)12-8-4-3-5-9-12/h3-11,13H,2H2,1H3. The minimum atomic E-state index is 0.191. The molecule has 1 atom stereocenters. The summed E-state index contributed by atoms with van der Waals surface area (Å²) in [4.78, 5) is 5.55. The molecular weight excluding hydrogens is 186 g/mol. The van der Waals surface area contributed by atoms with Gasteiger partial charge in [-0.2, -0.15) is 0 Å². The van der Waals surface area contributed by atoms with Crippen LogP contribution in [-0.4, -0.2) is 11.7 Å². The largest absolute Gasteiger partial charge is 0.273 e. The Kier molecular flexibility index (Phi) is 3.20. The van der Waals surface area contributed by atoms with E-state index in [0.717, 1.165) is 0 Å². The van der Waals surface area contributed by atoms with Crippen LogP contribution in [0.5, 0.6) is 0 Å². The van der Waals surface area contributed by atoms with Crippen molar-refractivity contribution in [1.82, 2.24) is 5.06 Å². The van der Waals surface area contributed by atoms with Crippen LogP contribution in [0.3, 0.4) is 0 Å². The van der Waals surface area contributed by atoms with Gasteiger partial charge in [-0.25, -0.2) is 0 Å². The van der Waals surface area contributed by atoms with E-state index < -0.39 is 0 Å². The summed E-state index contributed by atoms with van der Waals surface area (Å²) in [6.07, 6.45) is 8.12. The Hall–Kier alpha value is -1.54. The molecule has 1 aliphatic heterocycles. The third-order valence-corrected chi connectivity index (χ3v) is 2.33. The summed E-state index contributed by atoms with van der Waals surface area (Å²) in [5, 5.41) is 1.88. The fourth-order valence-electron chi connectivity index (χ4n) is 1.66. The van der Waals surface area contributed by atoms with Crippen molar-refractivity contribution >= 4 is 0 Å². The van der Waals surface area contributed by atoms with Crippen LogP contribution >= 0.6 is 0 Å². The van der Waals surface area contributed by atoms with Crippen molar-refractivity contribution in [2.75, 3.05) is 6.61 Å². The number of hydrogen-bond acceptors (Lipinski definition) is 2. The van der Waals surface area contributed by atoms with Gasteiger partial charge < -0.3 is 0 Å². The summed E-state index contributed by atoms with van der Waals surface area (Å²) in [7, 11) is 0. The molecule has 0 amide bonds. The predicted octanol–water partition coefficient (Wildman–Crippen LogP) is 3.06. The molecule has 1 aromatic rings. The van der Waals surface area contributed by atoms with Gasteiger partial charge in [0.05, 0.1) is 12.6 Å². The van der Waals surface area contributed by atoms with Gasteiger partial charge in [-0.3, -0.25) is 9.90 Å². The molecule has 0 aromatic heterocycles. The van der Waals surface area contributed by atoms with E-state index in [-0.39, 0.29) is 6.04 Å².